The Balaban J connectivity index is 1.81. The maximum atomic E-state index is 12.9. The van der Waals surface area contributed by atoms with Gasteiger partial charge in [-0.3, -0.25) is 19.2 Å². The van der Waals surface area contributed by atoms with E-state index in [4.69, 9.17) is 23.7 Å². The predicted molar refractivity (Wildman–Crippen MR) is 135 cm³/mol. The van der Waals surface area contributed by atoms with Crippen LogP contribution < -0.4 is 0 Å². The van der Waals surface area contributed by atoms with Crippen molar-refractivity contribution in [3.05, 3.63) is 71.3 Å². The number of hydrogen-bond donors (Lipinski definition) is 0. The average Bonchev–Trinajstić information content (AvgIpc) is 3.32. The number of ether oxygens (including phenoxy) is 5. The molecule has 0 unspecified atom stereocenters. The molecule has 9 heteroatoms. The highest BCUT2D eigenvalue weighted by atomic mass is 16.6. The van der Waals surface area contributed by atoms with Crippen molar-refractivity contribution in [1.82, 2.24) is 0 Å². The van der Waals surface area contributed by atoms with Crippen molar-refractivity contribution >= 4 is 23.9 Å². The molecule has 1 heterocycles. The molecule has 2 aromatic carbocycles. The predicted octanol–water partition coefficient (Wildman–Crippen LogP) is 3.28. The van der Waals surface area contributed by atoms with Gasteiger partial charge in [-0.05, 0) is 46.4 Å². The lowest BCUT2D eigenvalue weighted by Gasteiger charge is -2.32. The Kier molecular flexibility index (Phi) is 7.97. The second kappa shape index (κ2) is 11.2. The molecule has 9 nitrogen and oxygen atoms in total. The summed E-state index contributed by atoms with van der Waals surface area (Å²) in [7, 11) is 2.49. The molecule has 0 radical (unpaired) electrons. The van der Waals surface area contributed by atoms with Crippen LogP contribution in [0.2, 0.25) is 0 Å². The summed E-state index contributed by atoms with van der Waals surface area (Å²) in [6, 6.07) is 13.6. The highest BCUT2D eigenvalue weighted by Crippen LogP contribution is 2.45. The molecule has 0 saturated heterocycles. The van der Waals surface area contributed by atoms with Gasteiger partial charge in [-0.1, -0.05) is 42.5 Å². The van der Waals surface area contributed by atoms with Crippen LogP contribution in [0.5, 0.6) is 0 Å². The molecule has 0 saturated carbocycles. The number of fused-ring (bicyclic) bond motifs is 1. The molecule has 38 heavy (non-hydrogen) atoms. The standard InChI is InChI=1S/C29H30O9/c1-17(30)36-16-26-25(37-18(2)31)11-10-24(38-26)22-13-20(19-8-6-5-7-9-19)12-21-14-29(15-23(21)22,27(32)34-3)28(33)35-4/h5-13,24-26H,14-16H2,1-4H3/t24-,25-,26+/m0/s1. The normalized spacial score (nSPS) is 21.2. The summed E-state index contributed by atoms with van der Waals surface area (Å²) in [5.74, 6) is -2.33. The lowest BCUT2D eigenvalue weighted by atomic mass is 9.84. The average molecular weight is 523 g/mol. The summed E-state index contributed by atoms with van der Waals surface area (Å²) in [6.07, 6.45) is 1.50. The van der Waals surface area contributed by atoms with Gasteiger partial charge in [0.25, 0.3) is 0 Å². The monoisotopic (exact) mass is 522 g/mol. The lowest BCUT2D eigenvalue weighted by Crippen LogP contribution is -2.42. The van der Waals surface area contributed by atoms with Crippen LogP contribution in [0.1, 0.15) is 36.6 Å². The van der Waals surface area contributed by atoms with Crippen LogP contribution in [0.15, 0.2) is 54.6 Å². The summed E-state index contributed by atoms with van der Waals surface area (Å²) in [6.45, 7) is 2.45. The molecule has 0 fully saturated rings. The van der Waals surface area contributed by atoms with Crippen molar-refractivity contribution in [2.75, 3.05) is 20.8 Å². The van der Waals surface area contributed by atoms with Crippen molar-refractivity contribution < 1.29 is 42.9 Å². The second-order valence-corrected chi connectivity index (χ2v) is 9.34. The van der Waals surface area contributed by atoms with Crippen LogP contribution in [-0.4, -0.2) is 56.9 Å². The third-order valence-corrected chi connectivity index (χ3v) is 6.83. The van der Waals surface area contributed by atoms with Crippen LogP contribution >= 0.6 is 0 Å². The van der Waals surface area contributed by atoms with Crippen LogP contribution in [0, 0.1) is 5.41 Å². The maximum Gasteiger partial charge on any atom is 0.323 e. The van der Waals surface area contributed by atoms with Crippen molar-refractivity contribution in [2.45, 2.75) is 45.0 Å². The van der Waals surface area contributed by atoms with E-state index < -0.39 is 47.6 Å². The largest absolute Gasteiger partial charge is 0.468 e. The molecule has 3 atom stereocenters. The molecule has 1 aliphatic carbocycles. The summed E-state index contributed by atoms with van der Waals surface area (Å²) in [5, 5.41) is 0. The van der Waals surface area contributed by atoms with Gasteiger partial charge >= 0.3 is 23.9 Å². The number of rotatable bonds is 7. The Labute approximate surface area is 220 Å². The van der Waals surface area contributed by atoms with Gasteiger partial charge in [-0.15, -0.1) is 0 Å². The molecule has 200 valence electrons. The minimum Gasteiger partial charge on any atom is -0.468 e. The molecule has 0 aromatic heterocycles. The zero-order valence-electron chi connectivity index (χ0n) is 21.7. The van der Waals surface area contributed by atoms with Crippen molar-refractivity contribution in [2.24, 2.45) is 5.41 Å². The Bertz CT molecular complexity index is 1250. The van der Waals surface area contributed by atoms with Gasteiger partial charge in [-0.25, -0.2) is 0 Å². The van der Waals surface area contributed by atoms with E-state index in [-0.39, 0.29) is 19.4 Å². The van der Waals surface area contributed by atoms with E-state index >= 15 is 0 Å². The first-order chi connectivity index (χ1) is 18.2. The summed E-state index contributed by atoms with van der Waals surface area (Å²) in [5.41, 5.74) is 2.60. The molecular formula is C29H30O9. The van der Waals surface area contributed by atoms with Gasteiger partial charge in [0.15, 0.2) is 5.41 Å². The molecule has 1 aliphatic heterocycles. The Morgan fingerprint density at radius 3 is 2.18 bits per heavy atom. The Hall–Kier alpha value is -3.98. The number of benzene rings is 2. The molecule has 4 rings (SSSR count). The van der Waals surface area contributed by atoms with Gasteiger partial charge in [0.05, 0.1) is 14.2 Å². The molecule has 2 aromatic rings. The van der Waals surface area contributed by atoms with E-state index in [1.807, 2.05) is 42.5 Å². The lowest BCUT2D eigenvalue weighted by molar-refractivity contribution is -0.168. The highest BCUT2D eigenvalue weighted by molar-refractivity contribution is 6.01. The van der Waals surface area contributed by atoms with Crippen LogP contribution in [-0.2, 0) is 55.7 Å². The van der Waals surface area contributed by atoms with E-state index in [1.54, 1.807) is 12.2 Å². The van der Waals surface area contributed by atoms with Gasteiger partial charge < -0.3 is 23.7 Å². The zero-order chi connectivity index (χ0) is 27.4. The van der Waals surface area contributed by atoms with Gasteiger partial charge in [0.1, 0.15) is 24.9 Å². The third-order valence-electron chi connectivity index (χ3n) is 6.83. The molecule has 0 spiro atoms. The van der Waals surface area contributed by atoms with E-state index in [0.29, 0.717) is 0 Å². The SMILES string of the molecule is COC(=O)C1(C(=O)OC)Cc2cc(-c3ccccc3)cc([C@@H]3C=C[C@H](OC(C)=O)[C@@H](COC(C)=O)O3)c2C1. The number of carbonyl (C=O) groups is 4. The quantitative estimate of drug-likeness (QED) is 0.234. The first-order valence-electron chi connectivity index (χ1n) is 12.2. The molecule has 0 N–H and O–H groups in total. The van der Waals surface area contributed by atoms with Crippen molar-refractivity contribution in [1.29, 1.82) is 0 Å². The van der Waals surface area contributed by atoms with Gasteiger partial charge in [0, 0.05) is 20.3 Å². The zero-order valence-corrected chi connectivity index (χ0v) is 21.7. The second-order valence-electron chi connectivity index (χ2n) is 9.34. The summed E-state index contributed by atoms with van der Waals surface area (Å²) < 4.78 is 26.9. The van der Waals surface area contributed by atoms with E-state index in [9.17, 15) is 19.2 Å². The van der Waals surface area contributed by atoms with Crippen LogP contribution in [0.3, 0.4) is 0 Å². The van der Waals surface area contributed by atoms with E-state index in [2.05, 4.69) is 0 Å². The van der Waals surface area contributed by atoms with Crippen molar-refractivity contribution in [3.8, 4) is 11.1 Å². The summed E-state index contributed by atoms with van der Waals surface area (Å²) in [4.78, 5) is 49.0. The Morgan fingerprint density at radius 1 is 0.895 bits per heavy atom. The van der Waals surface area contributed by atoms with Crippen molar-refractivity contribution in [3.63, 3.8) is 0 Å². The number of esters is 4. The fraction of sp³-hybridized carbons (Fsp3) is 0.379. The molecule has 0 bridgehead atoms. The van der Waals surface area contributed by atoms with E-state index in [0.717, 1.165) is 27.8 Å². The third kappa shape index (κ3) is 5.33. The number of carbonyl (C=O) groups excluding carboxylic acids is 4. The maximum absolute atomic E-state index is 12.9. The number of methoxy groups -OCH3 is 2. The minimum atomic E-state index is -1.52. The summed E-state index contributed by atoms with van der Waals surface area (Å²) >= 11 is 0. The first-order valence-corrected chi connectivity index (χ1v) is 12.2. The minimum absolute atomic E-state index is 0.0712. The Morgan fingerprint density at radius 2 is 1.58 bits per heavy atom. The van der Waals surface area contributed by atoms with Crippen LogP contribution in [0.25, 0.3) is 11.1 Å². The first kappa shape index (κ1) is 27.1. The van der Waals surface area contributed by atoms with Gasteiger partial charge in [-0.2, -0.15) is 0 Å². The fourth-order valence-electron chi connectivity index (χ4n) is 5.10. The topological polar surface area (TPSA) is 114 Å². The molecule has 0 amide bonds. The van der Waals surface area contributed by atoms with Crippen LogP contribution in [0.4, 0.5) is 0 Å². The van der Waals surface area contributed by atoms with Gasteiger partial charge in [0.2, 0.25) is 0 Å². The molecular weight excluding hydrogens is 492 g/mol. The molecule has 2 aliphatic rings. The number of hydrogen-bond acceptors (Lipinski definition) is 9. The fourth-order valence-corrected chi connectivity index (χ4v) is 5.10. The highest BCUT2D eigenvalue weighted by Gasteiger charge is 2.53. The smallest absolute Gasteiger partial charge is 0.323 e. The van der Waals surface area contributed by atoms with E-state index in [1.165, 1.54) is 28.1 Å².